The summed E-state index contributed by atoms with van der Waals surface area (Å²) in [7, 11) is 0. The molecule has 0 aliphatic heterocycles. The van der Waals surface area contributed by atoms with E-state index in [4.69, 9.17) is 9.97 Å². The van der Waals surface area contributed by atoms with E-state index in [1.807, 2.05) is 30.3 Å². The van der Waals surface area contributed by atoms with Gasteiger partial charge in [0.25, 0.3) is 0 Å². The molecule has 0 unspecified atom stereocenters. The Kier molecular flexibility index (Phi) is 8.05. The zero-order valence-corrected chi connectivity index (χ0v) is 36.5. The third-order valence-corrected chi connectivity index (χ3v) is 15.6. The topological polar surface area (TPSA) is 35.6 Å². The zero-order valence-electron chi connectivity index (χ0n) is 34.8. The van der Waals surface area contributed by atoms with E-state index >= 15 is 8.78 Å². The lowest BCUT2D eigenvalue weighted by atomic mass is 10.0. The molecule has 8 heteroatoms. The summed E-state index contributed by atoms with van der Waals surface area (Å²) in [5.41, 5.74) is 10.8. The fourth-order valence-corrected chi connectivity index (χ4v) is 12.6. The van der Waals surface area contributed by atoms with Gasteiger partial charge in [0, 0.05) is 69.3 Å². The molecule has 0 saturated carbocycles. The highest BCUT2D eigenvalue weighted by Gasteiger charge is 2.22. The molecule has 0 N–H and O–H groups in total. The third kappa shape index (κ3) is 5.46. The number of rotatable bonds is 5. The van der Waals surface area contributed by atoms with Crippen molar-refractivity contribution < 1.29 is 8.78 Å². The highest BCUT2D eigenvalue weighted by Crippen LogP contribution is 2.45. The number of fused-ring (bicyclic) bond motifs is 12. The van der Waals surface area contributed by atoms with Crippen LogP contribution in [0, 0.1) is 11.6 Å². The number of aromatic nitrogens is 4. The first kappa shape index (κ1) is 37.3. The molecule has 0 atom stereocenters. The number of benzene rings is 9. The van der Waals surface area contributed by atoms with Crippen LogP contribution in [-0.2, 0) is 0 Å². The van der Waals surface area contributed by atoms with Crippen LogP contribution in [0.3, 0.4) is 0 Å². The van der Waals surface area contributed by atoms with Gasteiger partial charge in [0.1, 0.15) is 11.6 Å². The molecular weight excluding hydrogens is 855 g/mol. The Labute approximate surface area is 383 Å². The quantitative estimate of drug-likeness (QED) is 0.173. The maximum atomic E-state index is 15.3. The van der Waals surface area contributed by atoms with Crippen LogP contribution >= 0.6 is 22.7 Å². The van der Waals surface area contributed by atoms with Crippen LogP contribution in [0.25, 0.3) is 129 Å². The minimum atomic E-state index is -0.240. The lowest BCUT2D eigenvalue weighted by Crippen LogP contribution is -2.04. The lowest BCUT2D eigenvalue weighted by molar-refractivity contribution is 0.641. The minimum Gasteiger partial charge on any atom is -0.309 e. The minimum absolute atomic E-state index is 0.240. The predicted octanol–water partition coefficient (Wildman–Crippen LogP) is 16.7. The Morgan fingerprint density at radius 3 is 1.30 bits per heavy atom. The number of hydrogen-bond donors (Lipinski definition) is 0. The molecule has 0 saturated heterocycles. The van der Waals surface area contributed by atoms with Crippen molar-refractivity contribution in [2.75, 3.05) is 0 Å². The molecule has 0 amide bonds. The largest absolute Gasteiger partial charge is 0.309 e. The van der Waals surface area contributed by atoms with Gasteiger partial charge in [0.2, 0.25) is 5.95 Å². The van der Waals surface area contributed by atoms with Crippen molar-refractivity contribution >= 4 is 107 Å². The number of thiophene rings is 2. The van der Waals surface area contributed by atoms with Crippen molar-refractivity contribution in [3.63, 3.8) is 0 Å². The SMILES string of the molecule is Fc1cccc2c1sc1c(-c3cc(-c4cccc5c4sc4c(F)cccc45)nc(-n4c5ccccc5c5cc(-c6ccc7c(c6)c6ccccc6n7-c6ccccc6)ccc54)n3)cccc12. The van der Waals surface area contributed by atoms with Gasteiger partial charge in [-0.05, 0) is 77.9 Å². The van der Waals surface area contributed by atoms with Crippen LogP contribution in [0.1, 0.15) is 0 Å². The van der Waals surface area contributed by atoms with Crippen LogP contribution < -0.4 is 0 Å². The molecule has 66 heavy (non-hydrogen) atoms. The van der Waals surface area contributed by atoms with E-state index in [2.05, 4.69) is 149 Å². The standard InChI is InChI=1S/C58H32F2N4S2/c59-46-22-10-18-40-38-16-8-20-42(54(38)65-56(40)46)48-32-49(43-21-9-17-39-41-19-11-23-47(60)57(41)66-55(39)43)62-58(61-48)64-51-25-7-5-15-37(51)45-31-34(27-29-53(45)64)33-26-28-52-44(30-33)36-14-4-6-24-50(36)63(52)35-12-2-1-3-13-35/h1-32H. The molecule has 0 bridgehead atoms. The van der Waals surface area contributed by atoms with Gasteiger partial charge in [-0.15, -0.1) is 22.7 Å². The number of hydrogen-bond acceptors (Lipinski definition) is 4. The van der Waals surface area contributed by atoms with Crippen LogP contribution in [0.5, 0.6) is 0 Å². The van der Waals surface area contributed by atoms with E-state index in [-0.39, 0.29) is 11.6 Å². The van der Waals surface area contributed by atoms with Gasteiger partial charge in [-0.3, -0.25) is 4.57 Å². The van der Waals surface area contributed by atoms with E-state index in [1.165, 1.54) is 51.1 Å². The summed E-state index contributed by atoms with van der Waals surface area (Å²) in [6.45, 7) is 0. The average Bonchev–Trinajstić information content (AvgIpc) is 4.13. The van der Waals surface area contributed by atoms with Gasteiger partial charge in [-0.25, -0.2) is 18.7 Å². The summed E-state index contributed by atoms with van der Waals surface area (Å²) in [5.74, 6) is 0.0250. The normalized spacial score (nSPS) is 12.1. The van der Waals surface area contributed by atoms with Gasteiger partial charge < -0.3 is 4.57 Å². The maximum absolute atomic E-state index is 15.3. The third-order valence-electron chi connectivity index (χ3n) is 13.1. The zero-order chi connectivity index (χ0) is 43.6. The van der Waals surface area contributed by atoms with E-state index in [0.717, 1.165) is 86.2 Å². The number of halogens is 2. The first-order valence-electron chi connectivity index (χ1n) is 21.8. The van der Waals surface area contributed by atoms with E-state index in [9.17, 15) is 0 Å². The second-order valence-electron chi connectivity index (χ2n) is 16.7. The summed E-state index contributed by atoms with van der Waals surface area (Å²) in [6.07, 6.45) is 0. The Morgan fingerprint density at radius 2 is 0.758 bits per heavy atom. The van der Waals surface area contributed by atoms with Crippen LogP contribution in [0.4, 0.5) is 8.78 Å². The van der Waals surface area contributed by atoms with Crippen molar-refractivity contribution in [3.8, 4) is 45.3 Å². The van der Waals surface area contributed by atoms with Gasteiger partial charge >= 0.3 is 0 Å². The summed E-state index contributed by atoms with van der Waals surface area (Å²) in [5, 5.41) is 8.26. The molecule has 0 aliphatic rings. The summed E-state index contributed by atoms with van der Waals surface area (Å²) in [4.78, 5) is 10.9. The maximum Gasteiger partial charge on any atom is 0.235 e. The van der Waals surface area contributed by atoms with E-state index in [0.29, 0.717) is 26.7 Å². The van der Waals surface area contributed by atoms with E-state index < -0.39 is 0 Å². The second kappa shape index (κ2) is 14.2. The molecule has 0 spiro atoms. The Bertz CT molecular complexity index is 4190. The van der Waals surface area contributed by atoms with Crippen molar-refractivity contribution in [2.24, 2.45) is 0 Å². The Hall–Kier alpha value is -8.04. The van der Waals surface area contributed by atoms with Gasteiger partial charge in [-0.2, -0.15) is 0 Å². The van der Waals surface area contributed by atoms with Crippen LogP contribution in [0.2, 0.25) is 0 Å². The fraction of sp³-hybridized carbons (Fsp3) is 0. The average molecular weight is 887 g/mol. The van der Waals surface area contributed by atoms with Crippen molar-refractivity contribution in [1.29, 1.82) is 0 Å². The summed E-state index contributed by atoms with van der Waals surface area (Å²) < 4.78 is 38.3. The van der Waals surface area contributed by atoms with E-state index in [1.54, 1.807) is 12.1 Å². The van der Waals surface area contributed by atoms with Crippen molar-refractivity contribution in [1.82, 2.24) is 19.1 Å². The Morgan fingerprint density at radius 1 is 0.333 bits per heavy atom. The predicted molar refractivity (Wildman–Crippen MR) is 273 cm³/mol. The van der Waals surface area contributed by atoms with Crippen molar-refractivity contribution in [2.45, 2.75) is 0 Å². The van der Waals surface area contributed by atoms with Crippen LogP contribution in [-0.4, -0.2) is 19.1 Å². The first-order valence-corrected chi connectivity index (χ1v) is 23.4. The molecule has 5 heterocycles. The molecule has 4 nitrogen and oxygen atoms in total. The molecular formula is C58H32F2N4S2. The first-order chi connectivity index (χ1) is 32.6. The molecule has 9 aromatic carbocycles. The van der Waals surface area contributed by atoms with Gasteiger partial charge in [0.05, 0.1) is 42.9 Å². The molecule has 0 fully saturated rings. The Balaban J connectivity index is 1.00. The number of nitrogens with zero attached hydrogens (tertiary/aromatic N) is 4. The lowest BCUT2D eigenvalue weighted by Gasteiger charge is -2.13. The van der Waals surface area contributed by atoms with Crippen LogP contribution in [0.15, 0.2) is 194 Å². The molecule has 14 aromatic rings. The summed E-state index contributed by atoms with van der Waals surface area (Å²) in [6, 6.07) is 65.8. The van der Waals surface area contributed by atoms with Gasteiger partial charge in [0.15, 0.2) is 0 Å². The van der Waals surface area contributed by atoms with Crippen molar-refractivity contribution in [3.05, 3.63) is 206 Å². The fourth-order valence-electron chi connectivity index (χ4n) is 10.2. The van der Waals surface area contributed by atoms with Gasteiger partial charge in [-0.1, -0.05) is 127 Å². The smallest absolute Gasteiger partial charge is 0.235 e. The highest BCUT2D eigenvalue weighted by molar-refractivity contribution is 7.26. The summed E-state index contributed by atoms with van der Waals surface area (Å²) >= 11 is 2.89. The molecule has 0 radical (unpaired) electrons. The molecule has 14 rings (SSSR count). The molecule has 0 aliphatic carbocycles. The molecule has 310 valence electrons. The number of para-hydroxylation sites is 3. The molecule has 5 aromatic heterocycles. The monoisotopic (exact) mass is 886 g/mol. The second-order valence-corrected chi connectivity index (χ2v) is 18.8. The highest BCUT2D eigenvalue weighted by atomic mass is 32.1.